The van der Waals surface area contributed by atoms with Crippen molar-refractivity contribution in [3.63, 3.8) is 0 Å². The topological polar surface area (TPSA) is 125 Å². The molecule has 0 fully saturated rings. The minimum Gasteiger partial charge on any atom is -0.485 e. The smallest absolute Gasteiger partial charge is 0.320 e. The van der Waals surface area contributed by atoms with Gasteiger partial charge in [0.1, 0.15) is 0 Å². The Morgan fingerprint density at radius 2 is 1.54 bits per heavy atom. The van der Waals surface area contributed by atoms with Gasteiger partial charge in [-0.25, -0.2) is 0 Å². The average molecular weight is 331 g/mol. The number of aryl methyl sites for hydroxylation is 1. The van der Waals surface area contributed by atoms with Crippen LogP contribution < -0.4 is 10.1 Å². The van der Waals surface area contributed by atoms with Crippen LogP contribution in [-0.2, 0) is 0 Å². The molecule has 0 aliphatic rings. The van der Waals surface area contributed by atoms with Crippen LogP contribution in [0.15, 0.2) is 36.4 Å². The van der Waals surface area contributed by atoms with Crippen LogP contribution >= 0.6 is 0 Å². The molecule has 0 saturated carbocycles. The fourth-order valence-electron chi connectivity index (χ4n) is 2.06. The fourth-order valence-corrected chi connectivity index (χ4v) is 2.06. The van der Waals surface area contributed by atoms with Crippen LogP contribution in [0.1, 0.15) is 15.9 Å². The normalized spacial score (nSPS) is 10.1. The minimum absolute atomic E-state index is 0.0697. The van der Waals surface area contributed by atoms with Crippen molar-refractivity contribution in [1.82, 2.24) is 0 Å². The molecule has 0 spiro atoms. The number of rotatable bonds is 5. The first kappa shape index (κ1) is 16.9. The number of carbonyl (C=O) groups excluding carboxylic acids is 1. The number of benzene rings is 2. The fraction of sp³-hybridized carbons (Fsp3) is 0.133. The predicted molar refractivity (Wildman–Crippen MR) is 85.4 cm³/mol. The highest BCUT2D eigenvalue weighted by molar-refractivity contribution is 6.04. The Kier molecular flexibility index (Phi) is 4.73. The second-order valence-electron chi connectivity index (χ2n) is 4.88. The number of methoxy groups -OCH3 is 1. The van der Waals surface area contributed by atoms with E-state index in [1.807, 2.05) is 6.92 Å². The predicted octanol–water partition coefficient (Wildman–Crippen LogP) is 3.07. The second-order valence-corrected chi connectivity index (χ2v) is 4.88. The van der Waals surface area contributed by atoms with E-state index in [0.29, 0.717) is 5.56 Å². The molecule has 0 saturated heterocycles. The molecule has 0 radical (unpaired) electrons. The number of nitro benzene ring substituents is 2. The molecule has 1 N–H and O–H groups in total. The van der Waals surface area contributed by atoms with Crippen molar-refractivity contribution in [2.24, 2.45) is 0 Å². The number of anilines is 1. The van der Waals surface area contributed by atoms with E-state index < -0.39 is 32.9 Å². The van der Waals surface area contributed by atoms with Gasteiger partial charge in [-0.1, -0.05) is 17.7 Å². The molecule has 0 aromatic heterocycles. The summed E-state index contributed by atoms with van der Waals surface area (Å²) >= 11 is 0. The van der Waals surface area contributed by atoms with Crippen molar-refractivity contribution in [1.29, 1.82) is 0 Å². The van der Waals surface area contributed by atoms with Gasteiger partial charge in [0.25, 0.3) is 11.7 Å². The van der Waals surface area contributed by atoms with Crippen LogP contribution in [0.3, 0.4) is 0 Å². The third kappa shape index (κ3) is 3.46. The highest BCUT2D eigenvalue weighted by Gasteiger charge is 2.28. The summed E-state index contributed by atoms with van der Waals surface area (Å²) in [5, 5.41) is 24.6. The molecule has 2 rings (SSSR count). The third-order valence-corrected chi connectivity index (χ3v) is 3.22. The Hall–Kier alpha value is -3.49. The van der Waals surface area contributed by atoms with Gasteiger partial charge >= 0.3 is 11.4 Å². The summed E-state index contributed by atoms with van der Waals surface area (Å²) in [6.07, 6.45) is 0. The first-order valence-electron chi connectivity index (χ1n) is 6.72. The Balaban J connectivity index is 2.43. The summed E-state index contributed by atoms with van der Waals surface area (Å²) in [5.74, 6) is -1.01. The molecule has 0 unspecified atom stereocenters. The Labute approximate surface area is 136 Å². The molecule has 0 aliphatic heterocycles. The van der Waals surface area contributed by atoms with E-state index in [-0.39, 0.29) is 5.69 Å². The van der Waals surface area contributed by atoms with Gasteiger partial charge in [0.2, 0.25) is 0 Å². The van der Waals surface area contributed by atoms with E-state index in [9.17, 15) is 25.0 Å². The summed E-state index contributed by atoms with van der Waals surface area (Å²) in [7, 11) is 1.10. The zero-order valence-corrected chi connectivity index (χ0v) is 12.8. The molecule has 0 atom stereocenters. The molecule has 0 bridgehead atoms. The molecule has 9 heteroatoms. The highest BCUT2D eigenvalue weighted by Crippen LogP contribution is 2.39. The van der Waals surface area contributed by atoms with E-state index in [1.54, 1.807) is 24.3 Å². The Bertz CT molecular complexity index is 781. The van der Waals surface area contributed by atoms with Crippen LogP contribution in [0.2, 0.25) is 0 Å². The Morgan fingerprint density at radius 1 is 1.04 bits per heavy atom. The number of carbonyl (C=O) groups is 1. The number of amides is 1. The zero-order chi connectivity index (χ0) is 17.9. The summed E-state index contributed by atoms with van der Waals surface area (Å²) in [5.41, 5.74) is 0.000541. The SMILES string of the molecule is COc1c([N+](=O)[O-])cc(NC(=O)c2ccc(C)cc2)cc1[N+](=O)[O-]. The zero-order valence-electron chi connectivity index (χ0n) is 12.8. The molecular weight excluding hydrogens is 318 g/mol. The first-order valence-corrected chi connectivity index (χ1v) is 6.72. The number of nitrogens with one attached hydrogen (secondary N) is 1. The molecular formula is C15H13N3O6. The summed E-state index contributed by atoms with van der Waals surface area (Å²) < 4.78 is 4.76. The van der Waals surface area contributed by atoms with Gasteiger partial charge in [-0.05, 0) is 19.1 Å². The molecule has 0 heterocycles. The molecule has 0 aliphatic carbocycles. The van der Waals surface area contributed by atoms with Crippen LogP contribution in [0.4, 0.5) is 17.1 Å². The number of nitro groups is 2. The van der Waals surface area contributed by atoms with Crippen LogP contribution in [-0.4, -0.2) is 22.9 Å². The second kappa shape index (κ2) is 6.73. The van der Waals surface area contributed by atoms with E-state index in [0.717, 1.165) is 24.8 Å². The molecule has 24 heavy (non-hydrogen) atoms. The number of hydrogen-bond acceptors (Lipinski definition) is 6. The summed E-state index contributed by atoms with van der Waals surface area (Å²) in [4.78, 5) is 32.7. The van der Waals surface area contributed by atoms with Gasteiger partial charge in [0.15, 0.2) is 0 Å². The van der Waals surface area contributed by atoms with Crippen LogP contribution in [0.25, 0.3) is 0 Å². The van der Waals surface area contributed by atoms with Crippen molar-refractivity contribution in [2.75, 3.05) is 12.4 Å². The summed E-state index contributed by atoms with van der Waals surface area (Å²) in [6.45, 7) is 1.86. The van der Waals surface area contributed by atoms with E-state index in [2.05, 4.69) is 5.32 Å². The molecule has 2 aromatic carbocycles. The highest BCUT2D eigenvalue weighted by atomic mass is 16.6. The lowest BCUT2D eigenvalue weighted by Crippen LogP contribution is -2.12. The van der Waals surface area contributed by atoms with Gasteiger partial charge in [-0.2, -0.15) is 0 Å². The largest absolute Gasteiger partial charge is 0.485 e. The maximum atomic E-state index is 12.2. The van der Waals surface area contributed by atoms with Crippen molar-refractivity contribution in [3.8, 4) is 5.75 Å². The standard InChI is InChI=1S/C15H13N3O6/c1-9-3-5-10(6-4-9)15(19)16-11-7-12(17(20)21)14(24-2)13(8-11)18(22)23/h3-8H,1-2H3,(H,16,19). The van der Waals surface area contributed by atoms with Gasteiger partial charge in [-0.3, -0.25) is 25.0 Å². The van der Waals surface area contributed by atoms with Crippen molar-refractivity contribution in [2.45, 2.75) is 6.92 Å². The van der Waals surface area contributed by atoms with Crippen LogP contribution in [0.5, 0.6) is 5.75 Å². The molecule has 1 amide bonds. The maximum Gasteiger partial charge on any atom is 0.320 e. The van der Waals surface area contributed by atoms with Gasteiger partial charge in [0.05, 0.1) is 22.6 Å². The van der Waals surface area contributed by atoms with Gasteiger partial charge in [0, 0.05) is 17.7 Å². The number of ether oxygens (including phenoxy) is 1. The lowest BCUT2D eigenvalue weighted by Gasteiger charge is -2.08. The third-order valence-electron chi connectivity index (χ3n) is 3.22. The van der Waals surface area contributed by atoms with E-state index in [1.165, 1.54) is 0 Å². The lowest BCUT2D eigenvalue weighted by atomic mass is 10.1. The van der Waals surface area contributed by atoms with Gasteiger partial charge < -0.3 is 10.1 Å². The number of nitrogens with zero attached hydrogens (tertiary/aromatic N) is 2. The average Bonchev–Trinajstić information content (AvgIpc) is 2.54. The molecule has 9 nitrogen and oxygen atoms in total. The Morgan fingerprint density at radius 3 is 1.96 bits per heavy atom. The molecule has 124 valence electrons. The van der Waals surface area contributed by atoms with E-state index in [4.69, 9.17) is 4.74 Å². The van der Waals surface area contributed by atoms with Crippen molar-refractivity contribution >= 4 is 23.0 Å². The van der Waals surface area contributed by atoms with Crippen molar-refractivity contribution in [3.05, 3.63) is 67.8 Å². The molecule has 2 aromatic rings. The minimum atomic E-state index is -0.812. The van der Waals surface area contributed by atoms with Crippen molar-refractivity contribution < 1.29 is 19.4 Å². The van der Waals surface area contributed by atoms with Gasteiger partial charge in [-0.15, -0.1) is 0 Å². The maximum absolute atomic E-state index is 12.2. The first-order chi connectivity index (χ1) is 11.3. The lowest BCUT2D eigenvalue weighted by molar-refractivity contribution is -0.395. The van der Waals surface area contributed by atoms with Crippen LogP contribution in [0, 0.1) is 27.2 Å². The monoisotopic (exact) mass is 331 g/mol. The summed E-state index contributed by atoms with van der Waals surface area (Å²) in [6, 6.07) is 8.64. The van der Waals surface area contributed by atoms with E-state index >= 15 is 0 Å². The quantitative estimate of drug-likeness (QED) is 0.663. The number of hydrogen-bond donors (Lipinski definition) is 1.